The minimum absolute atomic E-state index is 0.0788. The number of hydrogen-bond acceptors (Lipinski definition) is 2. The highest BCUT2D eigenvalue weighted by molar-refractivity contribution is 7.26. The molecule has 2 aliphatic heterocycles. The van der Waals surface area contributed by atoms with Crippen molar-refractivity contribution in [3.05, 3.63) is 182 Å². The van der Waals surface area contributed by atoms with Crippen LogP contribution in [0.5, 0.6) is 11.5 Å². The summed E-state index contributed by atoms with van der Waals surface area (Å²) >= 11 is 0. The second-order valence-corrected chi connectivity index (χ2v) is 15.8. The Morgan fingerprint density at radius 3 is 1.59 bits per heavy atom. The maximum Gasteiger partial charge on any atom is 0.250 e. The second kappa shape index (κ2) is 10.8. The van der Waals surface area contributed by atoms with Crippen LogP contribution in [0, 0.1) is 0 Å². The van der Waals surface area contributed by atoms with Crippen molar-refractivity contribution in [2.24, 2.45) is 0 Å². The van der Waals surface area contributed by atoms with Gasteiger partial charge in [-0.1, -0.05) is 145 Å². The number of fused-ring (bicyclic) bond motifs is 4. The lowest BCUT2D eigenvalue weighted by atomic mass is 9.35. The molecule has 7 aromatic carbocycles. The first kappa shape index (κ1) is 26.8. The number of ether oxygens (including phenoxy) is 1. The molecule has 0 unspecified atom stereocenters. The summed E-state index contributed by atoms with van der Waals surface area (Å²) in [5.74, 6) is 1.86. The molecule has 0 fully saturated rings. The Kier molecular flexibility index (Phi) is 6.29. The molecule has 0 saturated carbocycles. The summed E-state index contributed by atoms with van der Waals surface area (Å²) < 4.78 is 6.96. The molecule has 0 aromatic heterocycles. The normalized spacial score (nSPS) is 13.5. The largest absolute Gasteiger partial charge is 0.458 e. The van der Waals surface area contributed by atoms with Gasteiger partial charge in [-0.15, -0.1) is 0 Å². The van der Waals surface area contributed by atoms with Crippen LogP contribution in [0.2, 0.25) is 0 Å². The maximum atomic E-state index is 6.96. The van der Waals surface area contributed by atoms with E-state index in [4.69, 9.17) is 4.74 Å². The van der Waals surface area contributed by atoms with Gasteiger partial charge in [0.25, 0.3) is 6.71 Å². The molecule has 46 heavy (non-hydrogen) atoms. The molecule has 4 heteroatoms. The lowest BCUT2D eigenvalue weighted by Crippen LogP contribution is -2.87. The van der Waals surface area contributed by atoms with Crippen molar-refractivity contribution in [3.8, 4) is 11.5 Å². The summed E-state index contributed by atoms with van der Waals surface area (Å²) in [5, 5.41) is 5.65. The third-order valence-corrected chi connectivity index (χ3v) is 14.6. The van der Waals surface area contributed by atoms with Crippen molar-refractivity contribution in [2.45, 2.75) is 0 Å². The monoisotopic (exact) mass is 603 g/mol. The Bertz CT molecular complexity index is 2110. The van der Waals surface area contributed by atoms with Gasteiger partial charge >= 0.3 is 0 Å². The Morgan fingerprint density at radius 2 is 0.957 bits per heavy atom. The summed E-state index contributed by atoms with van der Waals surface area (Å²) in [7, 11) is -2.66. The van der Waals surface area contributed by atoms with Gasteiger partial charge in [0.05, 0.1) is 0 Å². The number of benzene rings is 7. The van der Waals surface area contributed by atoms with Crippen molar-refractivity contribution >= 4 is 69.0 Å². The number of anilines is 3. The van der Waals surface area contributed by atoms with E-state index < -0.39 is 8.07 Å². The van der Waals surface area contributed by atoms with E-state index in [-0.39, 0.29) is 6.71 Å². The van der Waals surface area contributed by atoms with Crippen molar-refractivity contribution < 1.29 is 4.74 Å². The highest BCUT2D eigenvalue weighted by Gasteiger charge is 2.52. The predicted molar refractivity (Wildman–Crippen MR) is 196 cm³/mol. The average Bonchev–Trinajstić information content (AvgIpc) is 3.13. The molecule has 0 radical (unpaired) electrons. The van der Waals surface area contributed by atoms with Crippen LogP contribution in [0.4, 0.5) is 17.1 Å². The number of nitrogens with zero attached hydrogens (tertiary/aromatic N) is 1. The summed E-state index contributed by atoms with van der Waals surface area (Å²) in [6.45, 7) is 0.0788. The van der Waals surface area contributed by atoms with Crippen LogP contribution in [-0.4, -0.2) is 14.8 Å². The van der Waals surface area contributed by atoms with E-state index in [0.717, 1.165) is 28.6 Å². The molecule has 0 spiro atoms. The van der Waals surface area contributed by atoms with Gasteiger partial charge in [-0.25, -0.2) is 0 Å². The van der Waals surface area contributed by atoms with Crippen molar-refractivity contribution in [3.63, 3.8) is 0 Å². The minimum Gasteiger partial charge on any atom is -0.458 e. The lowest BCUT2D eigenvalue weighted by molar-refractivity contribution is 0.488. The van der Waals surface area contributed by atoms with Crippen LogP contribution in [-0.2, 0) is 0 Å². The van der Waals surface area contributed by atoms with Gasteiger partial charge in [0.2, 0.25) is 0 Å². The summed E-state index contributed by atoms with van der Waals surface area (Å²) in [4.78, 5) is 2.30. The van der Waals surface area contributed by atoms with E-state index in [2.05, 4.69) is 187 Å². The van der Waals surface area contributed by atoms with E-state index >= 15 is 0 Å². The minimum atomic E-state index is -2.66. The van der Waals surface area contributed by atoms with E-state index in [9.17, 15) is 0 Å². The molecule has 0 N–H and O–H groups in total. The first-order valence-corrected chi connectivity index (χ1v) is 17.9. The quantitative estimate of drug-likeness (QED) is 0.242. The zero-order valence-electron chi connectivity index (χ0n) is 25.3. The Hall–Kier alpha value is -5.58. The van der Waals surface area contributed by atoms with Gasteiger partial charge in [-0.05, 0) is 68.1 Å². The van der Waals surface area contributed by atoms with Crippen LogP contribution in [0.15, 0.2) is 182 Å². The van der Waals surface area contributed by atoms with Crippen molar-refractivity contribution in [2.75, 3.05) is 4.90 Å². The van der Waals surface area contributed by atoms with Crippen molar-refractivity contribution in [1.82, 2.24) is 0 Å². The van der Waals surface area contributed by atoms with E-state index in [0.29, 0.717) is 0 Å². The molecule has 2 aliphatic rings. The third-order valence-electron chi connectivity index (χ3n) is 9.66. The number of hydrogen-bond donors (Lipinski definition) is 0. The van der Waals surface area contributed by atoms with Gasteiger partial charge in [-0.3, -0.25) is 0 Å². The number of para-hydroxylation sites is 2. The second-order valence-electron chi connectivity index (χ2n) is 12.1. The third kappa shape index (κ3) is 3.97. The molecule has 0 bridgehead atoms. The molecule has 0 aliphatic carbocycles. The summed E-state index contributed by atoms with van der Waals surface area (Å²) in [6.07, 6.45) is 0. The fourth-order valence-electron chi connectivity index (χ4n) is 7.85. The fraction of sp³-hybridized carbons (Fsp3) is 0. The smallest absolute Gasteiger partial charge is 0.250 e. The molecule has 7 aromatic rings. The van der Waals surface area contributed by atoms with Gasteiger partial charge in [0.1, 0.15) is 11.5 Å². The predicted octanol–water partition coefficient (Wildman–Crippen LogP) is 5.47. The fourth-order valence-corrected chi connectivity index (χ4v) is 13.1. The van der Waals surface area contributed by atoms with Crippen LogP contribution in [0.3, 0.4) is 0 Å². The molecule has 0 atom stereocenters. The van der Waals surface area contributed by atoms with Gasteiger partial charge in [0.15, 0.2) is 8.07 Å². The van der Waals surface area contributed by atoms with Crippen LogP contribution in [0.1, 0.15) is 0 Å². The van der Waals surface area contributed by atoms with Gasteiger partial charge in [-0.2, -0.15) is 0 Å². The number of rotatable bonds is 5. The Balaban J connectivity index is 1.29. The topological polar surface area (TPSA) is 12.5 Å². The molecule has 216 valence electrons. The molecular weight excluding hydrogens is 573 g/mol. The van der Waals surface area contributed by atoms with Crippen LogP contribution in [0.25, 0.3) is 0 Å². The first-order chi connectivity index (χ1) is 22.8. The van der Waals surface area contributed by atoms with E-state index in [1.165, 1.54) is 37.1 Å². The molecule has 0 amide bonds. The Labute approximate surface area is 271 Å². The standard InChI is InChI=1S/C42H30BNOSi/c1-5-16-31(17-6-1)44(32-18-7-2-8-19-32)33-28-29-36-39(30-33)45-38-25-15-27-41-42(38)43(36)37-24-13-14-26-40(37)46(41,34-20-9-3-10-21-34)35-22-11-4-12-23-35/h1-30H. The lowest BCUT2D eigenvalue weighted by Gasteiger charge is -2.44. The zero-order chi connectivity index (χ0) is 30.5. The first-order valence-electron chi connectivity index (χ1n) is 15.9. The SMILES string of the molecule is c1ccc(N(c2ccccc2)c2ccc3c(c2)Oc2cccc4c2B3c2ccccc2[Si]4(c2ccccc2)c2ccccc2)cc1. The summed E-state index contributed by atoms with van der Waals surface area (Å²) in [6, 6.07) is 66.2. The molecular formula is C42H30BNOSi. The average molecular weight is 604 g/mol. The molecule has 9 rings (SSSR count). The Morgan fingerprint density at radius 1 is 0.413 bits per heavy atom. The zero-order valence-corrected chi connectivity index (χ0v) is 26.3. The van der Waals surface area contributed by atoms with Crippen molar-refractivity contribution in [1.29, 1.82) is 0 Å². The molecule has 2 nitrogen and oxygen atoms in total. The summed E-state index contributed by atoms with van der Waals surface area (Å²) in [5.41, 5.74) is 7.18. The maximum absolute atomic E-state index is 6.96. The highest BCUT2D eigenvalue weighted by Crippen LogP contribution is 2.37. The van der Waals surface area contributed by atoms with Gasteiger partial charge in [0, 0.05) is 23.1 Å². The molecule has 0 saturated heterocycles. The van der Waals surface area contributed by atoms with E-state index in [1.54, 1.807) is 0 Å². The van der Waals surface area contributed by atoms with Gasteiger partial charge < -0.3 is 9.64 Å². The molecule has 2 heterocycles. The van der Waals surface area contributed by atoms with E-state index in [1.807, 2.05) is 0 Å². The van der Waals surface area contributed by atoms with Crippen LogP contribution >= 0.6 is 0 Å². The highest BCUT2D eigenvalue weighted by atomic mass is 28.3. The van der Waals surface area contributed by atoms with Crippen LogP contribution < -0.4 is 46.8 Å².